The van der Waals surface area contributed by atoms with Gasteiger partial charge in [-0.3, -0.25) is 9.59 Å². The van der Waals surface area contributed by atoms with Crippen LogP contribution < -0.4 is 10.2 Å². The van der Waals surface area contributed by atoms with Crippen LogP contribution in [0.1, 0.15) is 29.5 Å². The van der Waals surface area contributed by atoms with E-state index in [1.54, 1.807) is 0 Å². The van der Waals surface area contributed by atoms with E-state index in [0.29, 0.717) is 13.0 Å². The zero-order valence-corrected chi connectivity index (χ0v) is 15.1. The van der Waals surface area contributed by atoms with Crippen LogP contribution in [0, 0.1) is 18.8 Å². The number of nitrogens with one attached hydrogen (secondary N) is 1. The standard InChI is InChI=1S/C22H24N2O2/c1-15-6-4-7-16(12-15)14-23-21(25)18-13-19(18)22(26)24-11-5-9-17-8-2-3-10-20(17)24/h2-4,6-8,10,12,18-19H,5,9,11,13-14H2,1H3,(H,23,25). The SMILES string of the molecule is Cc1cccc(CNC(=O)C2CC2C(=O)N2CCCc3ccccc32)c1. The molecule has 1 fully saturated rings. The summed E-state index contributed by atoms with van der Waals surface area (Å²) in [6.45, 7) is 3.31. The Bertz CT molecular complexity index is 846. The van der Waals surface area contributed by atoms with E-state index in [1.807, 2.05) is 48.2 Å². The van der Waals surface area contributed by atoms with Gasteiger partial charge in [0.2, 0.25) is 11.8 Å². The second-order valence-electron chi connectivity index (χ2n) is 7.38. The van der Waals surface area contributed by atoms with E-state index in [4.69, 9.17) is 0 Å². The minimum Gasteiger partial charge on any atom is -0.352 e. The van der Waals surface area contributed by atoms with E-state index in [1.165, 1.54) is 11.1 Å². The fourth-order valence-electron chi connectivity index (χ4n) is 3.86. The minimum absolute atomic E-state index is 0.00449. The Balaban J connectivity index is 1.36. The monoisotopic (exact) mass is 348 g/mol. The summed E-state index contributed by atoms with van der Waals surface area (Å²) < 4.78 is 0. The summed E-state index contributed by atoms with van der Waals surface area (Å²) in [4.78, 5) is 27.2. The van der Waals surface area contributed by atoms with Gasteiger partial charge in [-0.2, -0.15) is 0 Å². The number of rotatable bonds is 4. The Morgan fingerprint density at radius 3 is 2.81 bits per heavy atom. The molecule has 2 amide bonds. The van der Waals surface area contributed by atoms with Crippen molar-refractivity contribution >= 4 is 17.5 Å². The molecule has 2 aromatic carbocycles. The first kappa shape index (κ1) is 16.8. The maximum atomic E-state index is 12.9. The summed E-state index contributed by atoms with van der Waals surface area (Å²) in [7, 11) is 0. The molecule has 134 valence electrons. The Morgan fingerprint density at radius 1 is 1.12 bits per heavy atom. The molecule has 2 aliphatic rings. The first-order valence-electron chi connectivity index (χ1n) is 9.36. The van der Waals surface area contributed by atoms with E-state index >= 15 is 0 Å². The Kier molecular flexibility index (Phi) is 4.49. The molecule has 0 bridgehead atoms. The Labute approximate surface area is 154 Å². The van der Waals surface area contributed by atoms with Crippen molar-refractivity contribution < 1.29 is 9.59 Å². The summed E-state index contributed by atoms with van der Waals surface area (Å²) in [5.41, 5.74) is 4.52. The fraction of sp³-hybridized carbons (Fsp3) is 0.364. The van der Waals surface area contributed by atoms with Crippen LogP contribution in [0.5, 0.6) is 0 Å². The van der Waals surface area contributed by atoms with E-state index in [0.717, 1.165) is 30.6 Å². The molecule has 26 heavy (non-hydrogen) atoms. The Morgan fingerprint density at radius 2 is 1.96 bits per heavy atom. The van der Waals surface area contributed by atoms with Gasteiger partial charge in [0.1, 0.15) is 0 Å². The van der Waals surface area contributed by atoms with Crippen LogP contribution in [0.2, 0.25) is 0 Å². The average Bonchev–Trinajstić information content (AvgIpc) is 3.46. The molecule has 2 aromatic rings. The Hall–Kier alpha value is -2.62. The van der Waals surface area contributed by atoms with Crippen LogP contribution in [0.3, 0.4) is 0 Å². The summed E-state index contributed by atoms with van der Waals surface area (Å²) >= 11 is 0. The van der Waals surface area contributed by atoms with Crippen LogP contribution in [0.15, 0.2) is 48.5 Å². The van der Waals surface area contributed by atoms with Gasteiger partial charge in [0.15, 0.2) is 0 Å². The number of para-hydroxylation sites is 1. The second-order valence-corrected chi connectivity index (χ2v) is 7.38. The van der Waals surface area contributed by atoms with Crippen molar-refractivity contribution in [2.45, 2.75) is 32.7 Å². The first-order chi connectivity index (χ1) is 12.6. The maximum Gasteiger partial charge on any atom is 0.230 e. The highest BCUT2D eigenvalue weighted by molar-refractivity contribution is 6.01. The van der Waals surface area contributed by atoms with E-state index in [9.17, 15) is 9.59 Å². The first-order valence-corrected chi connectivity index (χ1v) is 9.36. The molecule has 1 heterocycles. The van der Waals surface area contributed by atoms with Gasteiger partial charge < -0.3 is 10.2 Å². The van der Waals surface area contributed by atoms with Crippen molar-refractivity contribution in [3.63, 3.8) is 0 Å². The molecule has 0 spiro atoms. The van der Waals surface area contributed by atoms with Gasteiger partial charge in [-0.1, -0.05) is 48.0 Å². The third kappa shape index (κ3) is 3.36. The molecule has 1 saturated carbocycles. The van der Waals surface area contributed by atoms with Crippen molar-refractivity contribution in [2.75, 3.05) is 11.4 Å². The van der Waals surface area contributed by atoms with Gasteiger partial charge in [-0.05, 0) is 43.4 Å². The van der Waals surface area contributed by atoms with Crippen molar-refractivity contribution in [1.29, 1.82) is 0 Å². The molecule has 1 aliphatic carbocycles. The molecule has 4 nitrogen and oxygen atoms in total. The van der Waals surface area contributed by atoms with Gasteiger partial charge in [0, 0.05) is 18.8 Å². The number of carbonyl (C=O) groups is 2. The number of anilines is 1. The molecular weight excluding hydrogens is 324 g/mol. The lowest BCUT2D eigenvalue weighted by molar-refractivity contribution is -0.126. The summed E-state index contributed by atoms with van der Waals surface area (Å²) in [5, 5.41) is 2.99. The summed E-state index contributed by atoms with van der Waals surface area (Å²) in [5.74, 6) is -0.247. The molecule has 2 atom stereocenters. The number of carbonyl (C=O) groups excluding carboxylic acids is 2. The largest absolute Gasteiger partial charge is 0.352 e. The average molecular weight is 348 g/mol. The van der Waals surface area contributed by atoms with E-state index in [2.05, 4.69) is 17.4 Å². The number of hydrogen-bond acceptors (Lipinski definition) is 2. The predicted molar refractivity (Wildman–Crippen MR) is 102 cm³/mol. The highest BCUT2D eigenvalue weighted by atomic mass is 16.2. The minimum atomic E-state index is -0.179. The summed E-state index contributed by atoms with van der Waals surface area (Å²) in [6.07, 6.45) is 2.67. The van der Waals surface area contributed by atoms with Crippen LogP contribution in [0.25, 0.3) is 0 Å². The lowest BCUT2D eigenvalue weighted by Gasteiger charge is -2.29. The van der Waals surface area contributed by atoms with Crippen LogP contribution in [-0.4, -0.2) is 18.4 Å². The number of benzene rings is 2. The van der Waals surface area contributed by atoms with Gasteiger partial charge in [-0.15, -0.1) is 0 Å². The molecule has 1 aliphatic heterocycles. The van der Waals surface area contributed by atoms with Crippen molar-refractivity contribution in [3.05, 3.63) is 65.2 Å². The van der Waals surface area contributed by atoms with E-state index in [-0.39, 0.29) is 23.7 Å². The predicted octanol–water partition coefficient (Wildman–Crippen LogP) is 3.23. The van der Waals surface area contributed by atoms with Gasteiger partial charge >= 0.3 is 0 Å². The third-order valence-corrected chi connectivity index (χ3v) is 5.37. The zero-order valence-electron chi connectivity index (χ0n) is 15.1. The molecule has 4 rings (SSSR count). The molecule has 0 radical (unpaired) electrons. The number of fused-ring (bicyclic) bond motifs is 1. The number of amides is 2. The van der Waals surface area contributed by atoms with Gasteiger partial charge in [0.05, 0.1) is 11.8 Å². The number of aryl methyl sites for hydroxylation is 2. The lowest BCUT2D eigenvalue weighted by atomic mass is 10.0. The molecule has 0 aromatic heterocycles. The lowest BCUT2D eigenvalue weighted by Crippen LogP contribution is -2.37. The topological polar surface area (TPSA) is 49.4 Å². The normalized spacial score (nSPS) is 21.0. The van der Waals surface area contributed by atoms with Crippen molar-refractivity contribution in [2.24, 2.45) is 11.8 Å². The van der Waals surface area contributed by atoms with E-state index < -0.39 is 0 Å². The van der Waals surface area contributed by atoms with Crippen molar-refractivity contribution in [3.8, 4) is 0 Å². The van der Waals surface area contributed by atoms with Crippen LogP contribution in [-0.2, 0) is 22.6 Å². The quantitative estimate of drug-likeness (QED) is 0.922. The fourth-order valence-corrected chi connectivity index (χ4v) is 3.86. The summed E-state index contributed by atoms with van der Waals surface area (Å²) in [6, 6.07) is 16.2. The van der Waals surface area contributed by atoms with Gasteiger partial charge in [-0.25, -0.2) is 0 Å². The smallest absolute Gasteiger partial charge is 0.230 e. The molecule has 4 heteroatoms. The number of hydrogen-bond donors (Lipinski definition) is 1. The number of nitrogens with zero attached hydrogens (tertiary/aromatic N) is 1. The zero-order chi connectivity index (χ0) is 18.1. The highest BCUT2D eigenvalue weighted by Crippen LogP contribution is 2.42. The molecule has 0 saturated heterocycles. The second kappa shape index (κ2) is 6.94. The third-order valence-electron chi connectivity index (χ3n) is 5.37. The highest BCUT2D eigenvalue weighted by Gasteiger charge is 2.49. The molecule has 1 N–H and O–H groups in total. The van der Waals surface area contributed by atoms with Crippen LogP contribution in [0.4, 0.5) is 5.69 Å². The van der Waals surface area contributed by atoms with Gasteiger partial charge in [0.25, 0.3) is 0 Å². The van der Waals surface area contributed by atoms with Crippen LogP contribution >= 0.6 is 0 Å². The maximum absolute atomic E-state index is 12.9. The molecular formula is C22H24N2O2. The molecule has 2 unspecified atom stereocenters. The van der Waals surface area contributed by atoms with Crippen molar-refractivity contribution in [1.82, 2.24) is 5.32 Å².